The number of carbonyl (C=O) groups excluding carboxylic acids is 3. The Balaban J connectivity index is 1.06. The fourth-order valence-corrected chi connectivity index (χ4v) is 7.13. The molecule has 2 aliphatic carbocycles. The van der Waals surface area contributed by atoms with Gasteiger partial charge in [0.1, 0.15) is 5.82 Å². The highest BCUT2D eigenvalue weighted by molar-refractivity contribution is 6.01. The second kappa shape index (κ2) is 13.1. The summed E-state index contributed by atoms with van der Waals surface area (Å²) in [5.41, 5.74) is 6.75. The second-order valence-electron chi connectivity index (χ2n) is 14.2. The third-order valence-electron chi connectivity index (χ3n) is 10.4. The summed E-state index contributed by atoms with van der Waals surface area (Å²) < 4.78 is 2.20. The molecule has 0 unspecified atom stereocenters. The molecule has 8 rings (SSSR count). The molecule has 4 aromatic rings. The Morgan fingerprint density at radius 1 is 0.980 bits per heavy atom. The van der Waals surface area contributed by atoms with Crippen molar-refractivity contribution >= 4 is 46.4 Å². The average Bonchev–Trinajstić information content (AvgIpc) is 4.05. The molecule has 3 aromatic heterocycles. The van der Waals surface area contributed by atoms with Crippen LogP contribution in [0.25, 0.3) is 11.1 Å². The normalized spacial score (nSPS) is 18.4. The molecule has 3 amide bonds. The van der Waals surface area contributed by atoms with Crippen molar-refractivity contribution in [3.63, 3.8) is 0 Å². The van der Waals surface area contributed by atoms with Crippen molar-refractivity contribution in [1.82, 2.24) is 35.2 Å². The molecule has 1 atom stereocenters. The number of hydrogen-bond acceptors (Lipinski definition) is 10. The van der Waals surface area contributed by atoms with Gasteiger partial charge in [-0.1, -0.05) is 25.1 Å². The van der Waals surface area contributed by atoms with E-state index in [1.807, 2.05) is 36.5 Å². The molecular formula is C37H43N11O3. The van der Waals surface area contributed by atoms with E-state index in [1.165, 1.54) is 12.6 Å². The molecule has 51 heavy (non-hydrogen) atoms. The number of hydrogen-bond donors (Lipinski definition) is 3. The summed E-state index contributed by atoms with van der Waals surface area (Å²) in [6.45, 7) is 6.11. The van der Waals surface area contributed by atoms with Crippen LogP contribution in [0.3, 0.4) is 0 Å². The zero-order valence-electron chi connectivity index (χ0n) is 29.4. The fraction of sp³-hybridized carbons (Fsp3) is 0.432. The van der Waals surface area contributed by atoms with Gasteiger partial charge in [-0.2, -0.15) is 5.10 Å². The molecule has 5 heterocycles. The van der Waals surface area contributed by atoms with Gasteiger partial charge in [-0.05, 0) is 50.3 Å². The molecule has 4 aliphatic rings. The van der Waals surface area contributed by atoms with Crippen LogP contribution < -0.4 is 25.8 Å². The van der Waals surface area contributed by atoms with Crippen molar-refractivity contribution in [2.45, 2.75) is 70.6 Å². The third-order valence-corrected chi connectivity index (χ3v) is 10.4. The molecule has 0 bridgehead atoms. The van der Waals surface area contributed by atoms with Gasteiger partial charge in [-0.25, -0.2) is 4.98 Å². The SMILES string of the molecule is CC[C@H]1c2c(cnn2C2CN(Cc3cccc(N(C)C(C)=O)n3)C2)-c2cccc(Nc3cc(NC(=O)C4CC4)nnc3C(=O)NC3CC3)c2N1C. The van der Waals surface area contributed by atoms with Crippen LogP contribution in [-0.2, 0) is 16.1 Å². The molecule has 2 saturated carbocycles. The predicted octanol–water partition coefficient (Wildman–Crippen LogP) is 4.66. The number of amides is 3. The summed E-state index contributed by atoms with van der Waals surface area (Å²) in [5.74, 6) is 0.559. The highest BCUT2D eigenvalue weighted by Crippen LogP contribution is 2.50. The first-order valence-corrected chi connectivity index (χ1v) is 17.8. The van der Waals surface area contributed by atoms with Gasteiger partial charge in [0, 0.05) is 69.8 Å². The van der Waals surface area contributed by atoms with Crippen LogP contribution in [0.4, 0.5) is 28.7 Å². The fourth-order valence-electron chi connectivity index (χ4n) is 7.13. The van der Waals surface area contributed by atoms with E-state index >= 15 is 0 Å². The van der Waals surface area contributed by atoms with Crippen LogP contribution in [0.15, 0.2) is 48.7 Å². The first-order valence-electron chi connectivity index (χ1n) is 17.8. The third kappa shape index (κ3) is 6.39. The van der Waals surface area contributed by atoms with Gasteiger partial charge in [-0.3, -0.25) is 24.0 Å². The van der Waals surface area contributed by atoms with Crippen molar-refractivity contribution < 1.29 is 14.4 Å². The highest BCUT2D eigenvalue weighted by Gasteiger charge is 2.38. The first-order chi connectivity index (χ1) is 24.7. The topological polar surface area (TPSA) is 154 Å². The summed E-state index contributed by atoms with van der Waals surface area (Å²) in [6.07, 6.45) is 6.49. The van der Waals surface area contributed by atoms with Crippen LogP contribution >= 0.6 is 0 Å². The summed E-state index contributed by atoms with van der Waals surface area (Å²) >= 11 is 0. The van der Waals surface area contributed by atoms with E-state index in [0.29, 0.717) is 23.9 Å². The molecule has 1 saturated heterocycles. The predicted molar refractivity (Wildman–Crippen MR) is 194 cm³/mol. The van der Waals surface area contributed by atoms with Crippen molar-refractivity contribution in [3.05, 3.63) is 65.7 Å². The molecule has 1 aromatic carbocycles. The van der Waals surface area contributed by atoms with E-state index in [9.17, 15) is 14.4 Å². The van der Waals surface area contributed by atoms with Gasteiger partial charge < -0.3 is 25.8 Å². The zero-order valence-corrected chi connectivity index (χ0v) is 29.4. The Morgan fingerprint density at radius 2 is 1.76 bits per heavy atom. The Kier molecular flexibility index (Phi) is 8.41. The van der Waals surface area contributed by atoms with Gasteiger partial charge >= 0.3 is 0 Å². The monoisotopic (exact) mass is 689 g/mol. The molecule has 14 heteroatoms. The van der Waals surface area contributed by atoms with Crippen LogP contribution in [0.2, 0.25) is 0 Å². The number of fused-ring (bicyclic) bond motifs is 3. The van der Waals surface area contributed by atoms with Gasteiger partial charge in [0.05, 0.1) is 46.7 Å². The van der Waals surface area contributed by atoms with Crippen LogP contribution in [0, 0.1) is 5.92 Å². The lowest BCUT2D eigenvalue weighted by Gasteiger charge is -2.43. The van der Waals surface area contributed by atoms with Gasteiger partial charge in [0.2, 0.25) is 11.8 Å². The molecule has 264 valence electrons. The molecule has 3 N–H and O–H groups in total. The standard InChI is InChI=1S/C37H43N11O3/c1-5-30-35-27(17-38-48(35)25-19-47(20-25)18-24-8-6-11-32(39-24)45(3)21(2)49)26-9-7-10-28(34(26)46(30)4)41-29-16-31(42-36(50)22-12-13-22)43-44-33(29)37(51)40-23-14-15-23/h6-11,16-17,22-23,25,30H,5,12-15,18-20H2,1-4H3,(H,40,51)(H2,41,42,43,50)/t30-/m0/s1. The van der Waals surface area contributed by atoms with Crippen LogP contribution in [0.1, 0.15) is 79.9 Å². The van der Waals surface area contributed by atoms with E-state index in [2.05, 4.69) is 60.7 Å². The number of pyridine rings is 1. The highest BCUT2D eigenvalue weighted by atomic mass is 16.2. The first kappa shape index (κ1) is 32.8. The second-order valence-corrected chi connectivity index (χ2v) is 14.2. The Labute approximate surface area is 296 Å². The lowest BCUT2D eigenvalue weighted by Crippen LogP contribution is -2.48. The van der Waals surface area contributed by atoms with E-state index < -0.39 is 0 Å². The number of anilines is 5. The lowest BCUT2D eigenvalue weighted by molar-refractivity contribution is -0.117. The number of aromatic nitrogens is 5. The largest absolute Gasteiger partial charge is 0.364 e. The number of para-hydroxylation sites is 1. The summed E-state index contributed by atoms with van der Waals surface area (Å²) in [4.78, 5) is 48.6. The van der Waals surface area contributed by atoms with Crippen molar-refractivity contribution in [3.8, 4) is 11.1 Å². The molecule has 2 aliphatic heterocycles. The van der Waals surface area contributed by atoms with E-state index in [-0.39, 0.29) is 47.5 Å². The summed E-state index contributed by atoms with van der Waals surface area (Å²) in [7, 11) is 3.84. The van der Waals surface area contributed by atoms with Crippen molar-refractivity contribution in [2.24, 2.45) is 5.92 Å². The smallest absolute Gasteiger partial charge is 0.274 e. The molecule has 3 fully saturated rings. The maximum absolute atomic E-state index is 13.3. The minimum absolute atomic E-state index is 0.00918. The number of rotatable bonds is 11. The number of likely N-dealkylation sites (tertiary alicyclic amines) is 1. The van der Waals surface area contributed by atoms with Crippen molar-refractivity contribution in [2.75, 3.05) is 47.6 Å². The Morgan fingerprint density at radius 3 is 2.49 bits per heavy atom. The Hall–Kier alpha value is -5.37. The van der Waals surface area contributed by atoms with E-state index in [1.54, 1.807) is 18.0 Å². The summed E-state index contributed by atoms with van der Waals surface area (Å²) in [6, 6.07) is 14.1. The van der Waals surface area contributed by atoms with E-state index in [4.69, 9.17) is 10.1 Å². The summed E-state index contributed by atoms with van der Waals surface area (Å²) in [5, 5.41) is 22.9. The van der Waals surface area contributed by atoms with Gasteiger partial charge in [0.15, 0.2) is 11.5 Å². The molecule has 0 spiro atoms. The lowest BCUT2D eigenvalue weighted by atomic mass is 9.91. The van der Waals surface area contributed by atoms with Crippen LogP contribution in [0.5, 0.6) is 0 Å². The number of carbonyl (C=O) groups is 3. The van der Waals surface area contributed by atoms with Gasteiger partial charge in [0.25, 0.3) is 5.91 Å². The molecular weight excluding hydrogens is 646 g/mol. The Bertz CT molecular complexity index is 2010. The zero-order chi connectivity index (χ0) is 35.4. The molecule has 0 radical (unpaired) electrons. The van der Waals surface area contributed by atoms with Crippen LogP contribution in [-0.4, -0.2) is 80.8 Å². The number of nitrogens with one attached hydrogen (secondary N) is 3. The number of nitrogens with zero attached hydrogens (tertiary/aromatic N) is 8. The number of benzene rings is 1. The van der Waals surface area contributed by atoms with E-state index in [0.717, 1.165) is 73.4 Å². The average molecular weight is 690 g/mol. The quantitative estimate of drug-likeness (QED) is 0.203. The maximum Gasteiger partial charge on any atom is 0.274 e. The minimum Gasteiger partial charge on any atom is -0.364 e. The minimum atomic E-state index is -0.290. The molecule has 14 nitrogen and oxygen atoms in total. The maximum atomic E-state index is 13.3. The van der Waals surface area contributed by atoms with Gasteiger partial charge in [-0.15, -0.1) is 10.2 Å². The van der Waals surface area contributed by atoms with Crippen molar-refractivity contribution in [1.29, 1.82) is 0 Å².